The van der Waals surface area contributed by atoms with Gasteiger partial charge >= 0.3 is 0 Å². The second kappa shape index (κ2) is 6.59. The Labute approximate surface area is 141 Å². The van der Waals surface area contributed by atoms with Crippen LogP contribution in [0.5, 0.6) is 0 Å². The maximum absolute atomic E-state index is 10.8. The van der Waals surface area contributed by atoms with E-state index in [9.17, 15) is 10.1 Å². The highest BCUT2D eigenvalue weighted by molar-refractivity contribution is 6.33. The normalized spacial score (nSPS) is 11.3. The van der Waals surface area contributed by atoms with Crippen molar-refractivity contribution in [3.8, 4) is 0 Å². The first-order valence-corrected chi connectivity index (χ1v) is 7.81. The molecule has 5 heteroatoms. The first-order valence-electron chi connectivity index (χ1n) is 7.43. The molecule has 0 fully saturated rings. The molecule has 0 saturated carbocycles. The van der Waals surface area contributed by atoms with E-state index in [-0.39, 0.29) is 11.1 Å². The highest BCUT2D eigenvalue weighted by atomic mass is 35.5. The van der Waals surface area contributed by atoms with Gasteiger partial charge in [0.15, 0.2) is 0 Å². The van der Waals surface area contributed by atoms with Crippen molar-refractivity contribution in [3.05, 3.63) is 68.7 Å². The molecule has 0 aliphatic heterocycles. The molecular formula is C18H21ClN2O2. The van der Waals surface area contributed by atoms with Crippen molar-refractivity contribution < 1.29 is 4.92 Å². The summed E-state index contributed by atoms with van der Waals surface area (Å²) in [6.45, 7) is 7.24. The van der Waals surface area contributed by atoms with Gasteiger partial charge in [-0.05, 0) is 22.6 Å². The summed E-state index contributed by atoms with van der Waals surface area (Å²) in [4.78, 5) is 12.3. The van der Waals surface area contributed by atoms with Crippen molar-refractivity contribution >= 4 is 23.0 Å². The first-order chi connectivity index (χ1) is 10.7. The van der Waals surface area contributed by atoms with Crippen LogP contribution in [0.25, 0.3) is 0 Å². The molecule has 4 nitrogen and oxygen atoms in total. The van der Waals surface area contributed by atoms with E-state index in [1.165, 1.54) is 17.7 Å². The molecule has 122 valence electrons. The number of hydrogen-bond acceptors (Lipinski definition) is 3. The summed E-state index contributed by atoms with van der Waals surface area (Å²) < 4.78 is 0. The summed E-state index contributed by atoms with van der Waals surface area (Å²) in [7, 11) is 1.92. The Bertz CT molecular complexity index is 706. The predicted molar refractivity (Wildman–Crippen MR) is 95.4 cm³/mol. The van der Waals surface area contributed by atoms with Crippen LogP contribution in [0, 0.1) is 10.1 Å². The van der Waals surface area contributed by atoms with Crippen molar-refractivity contribution in [3.63, 3.8) is 0 Å². The van der Waals surface area contributed by atoms with Gasteiger partial charge in [-0.3, -0.25) is 10.1 Å². The van der Waals surface area contributed by atoms with Gasteiger partial charge in [-0.2, -0.15) is 0 Å². The molecule has 0 bridgehead atoms. The van der Waals surface area contributed by atoms with Gasteiger partial charge in [0.05, 0.1) is 15.6 Å². The summed E-state index contributed by atoms with van der Waals surface area (Å²) >= 11 is 6.17. The SMILES string of the molecule is CN(Cc1ccc(C(C)(C)C)cc1)c1ccc([N+](=O)[O-])cc1Cl. The van der Waals surface area contributed by atoms with Crippen molar-refractivity contribution in [2.75, 3.05) is 11.9 Å². The smallest absolute Gasteiger partial charge is 0.271 e. The Balaban J connectivity index is 2.16. The van der Waals surface area contributed by atoms with Crippen LogP contribution in [-0.2, 0) is 12.0 Å². The van der Waals surface area contributed by atoms with Crippen LogP contribution in [0.2, 0.25) is 5.02 Å². The Hall–Kier alpha value is -2.07. The molecule has 0 aromatic heterocycles. The Morgan fingerprint density at radius 1 is 1.13 bits per heavy atom. The van der Waals surface area contributed by atoms with Gasteiger partial charge in [0, 0.05) is 25.7 Å². The summed E-state index contributed by atoms with van der Waals surface area (Å²) in [6.07, 6.45) is 0. The monoisotopic (exact) mass is 332 g/mol. The van der Waals surface area contributed by atoms with E-state index < -0.39 is 4.92 Å². The molecule has 0 aliphatic carbocycles. The average Bonchev–Trinajstić information content (AvgIpc) is 2.46. The summed E-state index contributed by atoms with van der Waals surface area (Å²) in [5, 5.41) is 11.2. The summed E-state index contributed by atoms with van der Waals surface area (Å²) in [5.74, 6) is 0. The van der Waals surface area contributed by atoms with E-state index in [0.29, 0.717) is 11.6 Å². The second-order valence-corrected chi connectivity index (χ2v) is 7.10. The third-order valence-corrected chi connectivity index (χ3v) is 4.10. The number of rotatable bonds is 4. The number of non-ortho nitro benzene ring substituents is 1. The maximum Gasteiger partial charge on any atom is 0.271 e. The van der Waals surface area contributed by atoms with Crippen LogP contribution in [0.3, 0.4) is 0 Å². The number of nitro benzene ring substituents is 1. The fourth-order valence-corrected chi connectivity index (χ4v) is 2.71. The lowest BCUT2D eigenvalue weighted by atomic mass is 9.87. The zero-order valence-corrected chi connectivity index (χ0v) is 14.6. The third-order valence-electron chi connectivity index (χ3n) is 3.79. The number of anilines is 1. The van der Waals surface area contributed by atoms with E-state index in [1.807, 2.05) is 11.9 Å². The van der Waals surface area contributed by atoms with Crippen LogP contribution >= 0.6 is 11.6 Å². The largest absolute Gasteiger partial charge is 0.369 e. The number of benzene rings is 2. The zero-order chi connectivity index (χ0) is 17.2. The molecule has 0 atom stereocenters. The van der Waals surface area contributed by atoms with Gasteiger partial charge in [-0.1, -0.05) is 56.6 Å². The van der Waals surface area contributed by atoms with E-state index in [0.717, 1.165) is 11.3 Å². The molecule has 0 heterocycles. The minimum absolute atomic E-state index is 0.00156. The predicted octanol–water partition coefficient (Wildman–Crippen LogP) is 5.18. The topological polar surface area (TPSA) is 46.4 Å². The molecule has 23 heavy (non-hydrogen) atoms. The van der Waals surface area contributed by atoms with Gasteiger partial charge in [0.2, 0.25) is 0 Å². The maximum atomic E-state index is 10.8. The molecule has 2 rings (SSSR count). The minimum Gasteiger partial charge on any atom is -0.369 e. The summed E-state index contributed by atoms with van der Waals surface area (Å²) in [6, 6.07) is 13.0. The van der Waals surface area contributed by atoms with Crippen LogP contribution in [0.1, 0.15) is 31.9 Å². The molecule has 2 aromatic rings. The van der Waals surface area contributed by atoms with E-state index in [1.54, 1.807) is 6.07 Å². The molecule has 0 radical (unpaired) electrons. The van der Waals surface area contributed by atoms with Crippen LogP contribution in [-0.4, -0.2) is 12.0 Å². The van der Waals surface area contributed by atoms with Gasteiger partial charge < -0.3 is 4.90 Å². The molecule has 0 unspecified atom stereocenters. The van der Waals surface area contributed by atoms with Gasteiger partial charge in [0.25, 0.3) is 5.69 Å². The molecule has 0 amide bonds. The van der Waals surface area contributed by atoms with Gasteiger partial charge in [-0.25, -0.2) is 0 Å². The number of halogens is 1. The average molecular weight is 333 g/mol. The van der Waals surface area contributed by atoms with Crippen LogP contribution in [0.4, 0.5) is 11.4 Å². The fraction of sp³-hybridized carbons (Fsp3) is 0.333. The van der Waals surface area contributed by atoms with Crippen LogP contribution in [0.15, 0.2) is 42.5 Å². The highest BCUT2D eigenvalue weighted by Gasteiger charge is 2.14. The van der Waals surface area contributed by atoms with Crippen LogP contribution < -0.4 is 4.90 Å². The zero-order valence-electron chi connectivity index (χ0n) is 13.8. The molecule has 0 spiro atoms. The van der Waals surface area contributed by atoms with Crippen molar-refractivity contribution in [2.24, 2.45) is 0 Å². The van der Waals surface area contributed by atoms with E-state index in [4.69, 9.17) is 11.6 Å². The molecule has 0 N–H and O–H groups in total. The van der Waals surface area contributed by atoms with Gasteiger partial charge in [0.1, 0.15) is 0 Å². The fourth-order valence-electron chi connectivity index (χ4n) is 2.39. The quantitative estimate of drug-likeness (QED) is 0.572. The number of hydrogen-bond donors (Lipinski definition) is 0. The second-order valence-electron chi connectivity index (χ2n) is 6.70. The van der Waals surface area contributed by atoms with Crippen molar-refractivity contribution in [1.29, 1.82) is 0 Å². The molecule has 2 aromatic carbocycles. The standard InChI is InChI=1S/C18H21ClN2O2/c1-18(2,3)14-7-5-13(6-8-14)12-20(4)17-10-9-15(21(22)23)11-16(17)19/h5-11H,12H2,1-4H3. The lowest BCUT2D eigenvalue weighted by molar-refractivity contribution is -0.384. The lowest BCUT2D eigenvalue weighted by Gasteiger charge is -2.22. The Morgan fingerprint density at radius 3 is 2.22 bits per heavy atom. The van der Waals surface area contributed by atoms with E-state index >= 15 is 0 Å². The highest BCUT2D eigenvalue weighted by Crippen LogP contribution is 2.30. The van der Waals surface area contributed by atoms with E-state index in [2.05, 4.69) is 45.0 Å². The Kier molecular flexibility index (Phi) is 4.95. The Morgan fingerprint density at radius 2 is 1.74 bits per heavy atom. The molecule has 0 aliphatic rings. The number of nitro groups is 1. The number of nitrogens with zero attached hydrogens (tertiary/aromatic N) is 2. The molecular weight excluding hydrogens is 312 g/mol. The van der Waals surface area contributed by atoms with Crippen molar-refractivity contribution in [1.82, 2.24) is 0 Å². The summed E-state index contributed by atoms with van der Waals surface area (Å²) in [5.41, 5.74) is 3.36. The third kappa shape index (κ3) is 4.23. The lowest BCUT2D eigenvalue weighted by Crippen LogP contribution is -2.17. The minimum atomic E-state index is -0.444. The van der Waals surface area contributed by atoms with Crippen molar-refractivity contribution in [2.45, 2.75) is 32.7 Å². The van der Waals surface area contributed by atoms with Gasteiger partial charge in [-0.15, -0.1) is 0 Å². The molecule has 0 saturated heterocycles. The first kappa shape index (κ1) is 17.3.